The Balaban J connectivity index is 1.91. The van der Waals surface area contributed by atoms with Crippen LogP contribution in [0.2, 0.25) is 0 Å². The third-order valence-corrected chi connectivity index (χ3v) is 14.8. The molecule has 3 aromatic rings. The highest BCUT2D eigenvalue weighted by Crippen LogP contribution is 2.69. The normalized spacial score (nSPS) is 22.5. The molecule has 4 rings (SSSR count). The largest absolute Gasteiger partial charge is 0.318 e. The van der Waals surface area contributed by atoms with Crippen molar-refractivity contribution in [3.8, 4) is 0 Å². The maximum Gasteiger partial charge on any atom is 0.149 e. The Morgan fingerprint density at radius 1 is 0.793 bits per heavy atom. The molecule has 0 aliphatic carbocycles. The summed E-state index contributed by atoms with van der Waals surface area (Å²) in [5.74, 6) is 0. The van der Waals surface area contributed by atoms with Gasteiger partial charge in [0.05, 0.1) is 0 Å². The van der Waals surface area contributed by atoms with Gasteiger partial charge in [0.2, 0.25) is 0 Å². The lowest BCUT2D eigenvalue weighted by molar-refractivity contribution is 0.521. The first-order valence-corrected chi connectivity index (χ1v) is 13.9. The van der Waals surface area contributed by atoms with Crippen LogP contribution in [-0.4, -0.2) is 17.0 Å². The van der Waals surface area contributed by atoms with Crippen molar-refractivity contribution >= 4 is 30.2 Å². The molecule has 0 amide bonds. The predicted molar refractivity (Wildman–Crippen MR) is 125 cm³/mol. The zero-order valence-corrected chi connectivity index (χ0v) is 18.9. The molecule has 2 atom stereocenters. The number of rotatable bonds is 5. The van der Waals surface area contributed by atoms with Gasteiger partial charge in [0.15, 0.2) is 0 Å². The van der Waals surface area contributed by atoms with Gasteiger partial charge in [0.25, 0.3) is 0 Å². The summed E-state index contributed by atoms with van der Waals surface area (Å²) >= 11 is 0. The molecule has 150 valence electrons. The Morgan fingerprint density at radius 2 is 1.24 bits per heavy atom. The van der Waals surface area contributed by atoms with E-state index in [4.69, 9.17) is 0 Å². The first kappa shape index (κ1) is 20.4. The van der Waals surface area contributed by atoms with Gasteiger partial charge in [-0.25, -0.2) is 0 Å². The Kier molecular flexibility index (Phi) is 5.45. The predicted octanol–water partition coefficient (Wildman–Crippen LogP) is 5.63. The highest BCUT2D eigenvalue weighted by atomic mass is 31.2. The molecule has 1 saturated heterocycles. The molecule has 29 heavy (non-hydrogen) atoms. The van der Waals surface area contributed by atoms with E-state index in [1.807, 2.05) is 91.0 Å². The third kappa shape index (κ3) is 3.27. The molecule has 3 aromatic carbocycles. The van der Waals surface area contributed by atoms with Crippen molar-refractivity contribution in [1.29, 1.82) is 0 Å². The van der Waals surface area contributed by atoms with E-state index in [0.717, 1.165) is 28.8 Å². The molecule has 1 heterocycles. The molecule has 0 spiro atoms. The summed E-state index contributed by atoms with van der Waals surface area (Å²) in [7, 11) is -5.71. The molecule has 2 nitrogen and oxygen atoms in total. The fraction of sp³-hybridized carbons (Fsp3) is 0.280. The average Bonchev–Trinajstić information content (AvgIpc) is 3.18. The molecule has 0 bridgehead atoms. The molecule has 4 heteroatoms. The minimum Gasteiger partial charge on any atom is -0.318 e. The van der Waals surface area contributed by atoms with Gasteiger partial charge >= 0.3 is 0 Å². The molecule has 0 N–H and O–H groups in total. The maximum atomic E-state index is 15.0. The second-order valence-electron chi connectivity index (χ2n) is 8.45. The van der Waals surface area contributed by atoms with Gasteiger partial charge in [-0.1, -0.05) is 105 Å². The van der Waals surface area contributed by atoms with Crippen molar-refractivity contribution in [3.05, 3.63) is 91.0 Å². The van der Waals surface area contributed by atoms with Crippen LogP contribution in [0.15, 0.2) is 91.0 Å². The molecule has 0 aromatic heterocycles. The van der Waals surface area contributed by atoms with Crippen molar-refractivity contribution in [3.63, 3.8) is 0 Å². The molecule has 1 aliphatic heterocycles. The lowest BCUT2D eigenvalue weighted by atomic mass is 10.1. The summed E-state index contributed by atoms with van der Waals surface area (Å²) in [6, 6.07) is 29.5. The van der Waals surface area contributed by atoms with E-state index in [1.165, 1.54) is 0 Å². The lowest BCUT2D eigenvalue weighted by Crippen LogP contribution is -2.42. The van der Waals surface area contributed by atoms with Gasteiger partial charge in [0.1, 0.15) is 14.3 Å². The summed E-state index contributed by atoms with van der Waals surface area (Å²) in [4.78, 5) is 0. The smallest absolute Gasteiger partial charge is 0.149 e. The molecular formula is C25H28O2P2. The van der Waals surface area contributed by atoms with Crippen molar-refractivity contribution in [2.24, 2.45) is 0 Å². The minimum atomic E-state index is -3.05. The van der Waals surface area contributed by atoms with Crippen molar-refractivity contribution in [2.45, 2.75) is 37.5 Å². The monoisotopic (exact) mass is 422 g/mol. The van der Waals surface area contributed by atoms with E-state index in [1.54, 1.807) is 0 Å². The van der Waals surface area contributed by atoms with Crippen LogP contribution < -0.4 is 15.9 Å². The molecule has 1 fully saturated rings. The van der Waals surface area contributed by atoms with Gasteiger partial charge < -0.3 is 9.13 Å². The lowest BCUT2D eigenvalue weighted by Gasteiger charge is -2.42. The van der Waals surface area contributed by atoms with E-state index < -0.39 is 19.4 Å². The van der Waals surface area contributed by atoms with Crippen LogP contribution in [0.4, 0.5) is 0 Å². The first-order valence-electron chi connectivity index (χ1n) is 10.3. The number of hydrogen-bond donors (Lipinski definition) is 0. The zero-order chi connectivity index (χ0) is 20.5. The summed E-state index contributed by atoms with van der Waals surface area (Å²) in [5, 5.41) is 2.01. The Hall–Kier alpha value is -1.88. The van der Waals surface area contributed by atoms with Crippen LogP contribution in [0.5, 0.6) is 0 Å². The topological polar surface area (TPSA) is 34.1 Å². The molecule has 2 unspecified atom stereocenters. The highest BCUT2D eigenvalue weighted by Gasteiger charge is 2.56. The third-order valence-electron chi connectivity index (χ3n) is 6.53. The van der Waals surface area contributed by atoms with E-state index in [2.05, 4.69) is 13.8 Å². The number of hydrogen-bond acceptors (Lipinski definition) is 2. The molecule has 0 saturated carbocycles. The van der Waals surface area contributed by atoms with E-state index in [9.17, 15) is 4.57 Å². The second-order valence-corrected chi connectivity index (χ2v) is 15.0. The standard InChI is InChI=1S/C25H28O2P2/c1-25(2,24-19-12-20-28(24,26)21-13-6-3-7-14-21)29(27,22-15-8-4-9-16-22)23-17-10-5-11-18-23/h3-11,13-18,24H,12,19-20H2,1-2H3. The minimum absolute atomic E-state index is 0.108. The average molecular weight is 422 g/mol. The Labute approximate surface area is 174 Å². The van der Waals surface area contributed by atoms with Crippen molar-refractivity contribution in [1.82, 2.24) is 0 Å². The van der Waals surface area contributed by atoms with E-state index in [0.29, 0.717) is 6.16 Å². The van der Waals surface area contributed by atoms with Gasteiger partial charge in [0, 0.05) is 32.9 Å². The molecule has 0 radical (unpaired) electrons. The van der Waals surface area contributed by atoms with Gasteiger partial charge in [-0.3, -0.25) is 0 Å². The summed E-state index contributed by atoms with van der Waals surface area (Å²) < 4.78 is 29.4. The second kappa shape index (κ2) is 7.75. The number of benzene rings is 3. The van der Waals surface area contributed by atoms with Crippen LogP contribution in [0.1, 0.15) is 26.7 Å². The molecular weight excluding hydrogens is 394 g/mol. The Morgan fingerprint density at radius 3 is 1.72 bits per heavy atom. The Bertz CT molecular complexity index is 1020. The summed E-state index contributed by atoms with van der Waals surface area (Å²) in [5.41, 5.74) is -0.108. The van der Waals surface area contributed by atoms with E-state index >= 15 is 4.57 Å². The van der Waals surface area contributed by atoms with Crippen LogP contribution >= 0.6 is 14.3 Å². The van der Waals surface area contributed by atoms with Crippen LogP contribution in [0, 0.1) is 0 Å². The van der Waals surface area contributed by atoms with Crippen molar-refractivity contribution < 1.29 is 9.13 Å². The van der Waals surface area contributed by atoms with Crippen LogP contribution in [0.3, 0.4) is 0 Å². The highest BCUT2D eigenvalue weighted by molar-refractivity contribution is 7.81. The summed E-state index contributed by atoms with van der Waals surface area (Å²) in [6.07, 6.45) is 2.47. The summed E-state index contributed by atoms with van der Waals surface area (Å²) in [6.45, 7) is 4.17. The SMILES string of the molecule is CC(C)(C1CCCP1(=O)c1ccccc1)P(=O)(c1ccccc1)c1ccccc1. The van der Waals surface area contributed by atoms with Gasteiger partial charge in [-0.2, -0.15) is 0 Å². The maximum absolute atomic E-state index is 15.0. The fourth-order valence-electron chi connectivity index (χ4n) is 5.04. The van der Waals surface area contributed by atoms with Crippen LogP contribution in [-0.2, 0) is 9.13 Å². The van der Waals surface area contributed by atoms with Gasteiger partial charge in [-0.05, 0) is 12.8 Å². The quantitative estimate of drug-likeness (QED) is 0.500. The zero-order valence-electron chi connectivity index (χ0n) is 17.1. The van der Waals surface area contributed by atoms with Crippen LogP contribution in [0.25, 0.3) is 0 Å². The van der Waals surface area contributed by atoms with Gasteiger partial charge in [-0.15, -0.1) is 0 Å². The fourth-order valence-corrected chi connectivity index (χ4v) is 13.3. The van der Waals surface area contributed by atoms with E-state index in [-0.39, 0.29) is 5.66 Å². The van der Waals surface area contributed by atoms with Crippen molar-refractivity contribution in [2.75, 3.05) is 6.16 Å². The first-order chi connectivity index (χ1) is 13.9. The molecule has 1 aliphatic rings.